The summed E-state index contributed by atoms with van der Waals surface area (Å²) in [5.41, 5.74) is 5.34. The van der Waals surface area contributed by atoms with E-state index < -0.39 is 41.2 Å². The van der Waals surface area contributed by atoms with Crippen LogP contribution in [0.1, 0.15) is 67.3 Å². The standard InChI is InChI=1S/C43H45ClN4O6/c1-27-12-11-19-35(37(27)44)45-39(50)43(20-22-47(23-21-43)40(51)54-42(2,3)4)46-38(49)36-24-28-13-5-6-14-29(28)25-48(36)41(52)53-26-34-32-17-9-7-15-30(32)31-16-8-10-18-33(31)34/h5-19,34,36H,20-26H2,1-4H3,(H,45,50)(H,46,49)/t36-/m0/s1. The highest BCUT2D eigenvalue weighted by Crippen LogP contribution is 2.44. The van der Waals surface area contributed by atoms with Gasteiger partial charge in [0.25, 0.3) is 0 Å². The molecular weight excluding hydrogens is 704 g/mol. The third kappa shape index (κ3) is 7.40. The second-order valence-corrected chi connectivity index (χ2v) is 15.7. The maximum absolute atomic E-state index is 14.6. The number of halogens is 1. The SMILES string of the molecule is Cc1cccc(NC(=O)C2(NC(=O)[C@@H]3Cc4ccccc4CN3C(=O)OCC3c4ccccc4-c4ccccc43)CCN(C(=O)OC(C)(C)C)CC2)c1Cl. The highest BCUT2D eigenvalue weighted by Gasteiger charge is 2.47. The summed E-state index contributed by atoms with van der Waals surface area (Å²) < 4.78 is 11.7. The molecular formula is C43H45ClN4O6. The van der Waals surface area contributed by atoms with E-state index in [1.165, 1.54) is 4.90 Å². The van der Waals surface area contributed by atoms with Gasteiger partial charge in [0.15, 0.2) is 0 Å². The molecule has 1 fully saturated rings. The lowest BCUT2D eigenvalue weighted by Gasteiger charge is -2.43. The van der Waals surface area contributed by atoms with Crippen molar-refractivity contribution in [3.05, 3.63) is 124 Å². The first-order chi connectivity index (χ1) is 25.8. The lowest BCUT2D eigenvalue weighted by Crippen LogP contribution is -2.65. The number of nitrogens with zero attached hydrogens (tertiary/aromatic N) is 2. The minimum Gasteiger partial charge on any atom is -0.448 e. The Labute approximate surface area is 320 Å². The van der Waals surface area contributed by atoms with E-state index in [-0.39, 0.29) is 51.4 Å². The average Bonchev–Trinajstić information content (AvgIpc) is 3.48. The van der Waals surface area contributed by atoms with Crippen molar-refractivity contribution in [3.8, 4) is 11.1 Å². The fraction of sp³-hybridized carbons (Fsp3) is 0.349. The number of hydrogen-bond acceptors (Lipinski definition) is 6. The van der Waals surface area contributed by atoms with Gasteiger partial charge in [0.2, 0.25) is 11.8 Å². The van der Waals surface area contributed by atoms with Crippen LogP contribution in [0, 0.1) is 6.92 Å². The van der Waals surface area contributed by atoms with Gasteiger partial charge in [-0.05, 0) is 85.5 Å². The molecule has 10 nitrogen and oxygen atoms in total. The Morgan fingerprint density at radius 1 is 0.815 bits per heavy atom. The molecule has 1 saturated heterocycles. The zero-order chi connectivity index (χ0) is 38.2. The number of ether oxygens (including phenoxy) is 2. The minimum atomic E-state index is -1.42. The van der Waals surface area contributed by atoms with E-state index in [9.17, 15) is 19.2 Å². The number of hydrogen-bond donors (Lipinski definition) is 2. The fourth-order valence-corrected chi connectivity index (χ4v) is 7.91. The normalized spacial score (nSPS) is 17.5. The molecule has 0 radical (unpaired) electrons. The summed E-state index contributed by atoms with van der Waals surface area (Å²) in [4.78, 5) is 59.0. The molecule has 0 spiro atoms. The van der Waals surface area contributed by atoms with E-state index >= 15 is 0 Å². The molecule has 280 valence electrons. The Bertz CT molecular complexity index is 2060. The molecule has 4 aromatic rings. The van der Waals surface area contributed by atoms with Gasteiger partial charge in [-0.1, -0.05) is 96.5 Å². The number of rotatable bonds is 6. The van der Waals surface area contributed by atoms with E-state index in [0.29, 0.717) is 10.7 Å². The quantitative estimate of drug-likeness (QED) is 0.208. The summed E-state index contributed by atoms with van der Waals surface area (Å²) in [6.07, 6.45) is -0.646. The van der Waals surface area contributed by atoms with Gasteiger partial charge in [-0.25, -0.2) is 9.59 Å². The number of aryl methyl sites for hydroxylation is 1. The smallest absolute Gasteiger partial charge is 0.410 e. The monoisotopic (exact) mass is 748 g/mol. The van der Waals surface area contributed by atoms with Gasteiger partial charge in [0, 0.05) is 25.4 Å². The van der Waals surface area contributed by atoms with E-state index in [1.807, 2.05) is 61.5 Å². The molecule has 0 unspecified atom stereocenters. The summed E-state index contributed by atoms with van der Waals surface area (Å²) in [6, 6.07) is 28.3. The first kappa shape index (κ1) is 37.0. The molecule has 11 heteroatoms. The third-order valence-electron chi connectivity index (χ3n) is 10.6. The van der Waals surface area contributed by atoms with Gasteiger partial charge in [-0.3, -0.25) is 14.5 Å². The number of carbonyl (C=O) groups is 4. The molecule has 0 aromatic heterocycles. The molecule has 1 aliphatic carbocycles. The number of carbonyl (C=O) groups excluding carboxylic acids is 4. The Morgan fingerprint density at radius 2 is 1.43 bits per heavy atom. The van der Waals surface area contributed by atoms with E-state index in [1.54, 1.807) is 37.8 Å². The van der Waals surface area contributed by atoms with Crippen LogP contribution in [-0.2, 0) is 32.0 Å². The van der Waals surface area contributed by atoms with Gasteiger partial charge < -0.3 is 25.0 Å². The van der Waals surface area contributed by atoms with Crippen LogP contribution in [0.5, 0.6) is 0 Å². The molecule has 3 aliphatic rings. The Morgan fingerprint density at radius 3 is 2.07 bits per heavy atom. The molecule has 4 amide bonds. The Kier molecular flexibility index (Phi) is 10.2. The van der Waals surface area contributed by atoms with Gasteiger partial charge in [0.1, 0.15) is 23.8 Å². The van der Waals surface area contributed by atoms with Crippen molar-refractivity contribution < 1.29 is 28.7 Å². The number of nitrogens with one attached hydrogen (secondary N) is 2. The lowest BCUT2D eigenvalue weighted by atomic mass is 9.85. The number of benzene rings is 4. The number of fused-ring (bicyclic) bond motifs is 4. The second-order valence-electron chi connectivity index (χ2n) is 15.3. The minimum absolute atomic E-state index is 0.101. The highest BCUT2D eigenvalue weighted by molar-refractivity contribution is 6.34. The zero-order valence-corrected chi connectivity index (χ0v) is 31.7. The third-order valence-corrected chi connectivity index (χ3v) is 11.1. The first-order valence-electron chi connectivity index (χ1n) is 18.4. The van der Waals surface area contributed by atoms with E-state index in [0.717, 1.165) is 38.9 Å². The maximum atomic E-state index is 14.6. The van der Waals surface area contributed by atoms with E-state index in [2.05, 4.69) is 34.9 Å². The molecule has 2 heterocycles. The van der Waals surface area contributed by atoms with Crippen molar-refractivity contribution in [2.75, 3.05) is 25.0 Å². The summed E-state index contributed by atoms with van der Waals surface area (Å²) in [5, 5.41) is 6.42. The van der Waals surface area contributed by atoms with Gasteiger partial charge in [-0.15, -0.1) is 0 Å². The summed E-state index contributed by atoms with van der Waals surface area (Å²) in [7, 11) is 0. The largest absolute Gasteiger partial charge is 0.448 e. The fourth-order valence-electron chi connectivity index (χ4n) is 7.74. The number of anilines is 1. The summed E-state index contributed by atoms with van der Waals surface area (Å²) >= 11 is 6.58. The average molecular weight is 749 g/mol. The molecule has 2 aliphatic heterocycles. The topological polar surface area (TPSA) is 117 Å². The molecule has 54 heavy (non-hydrogen) atoms. The van der Waals surface area contributed by atoms with Crippen LogP contribution in [0.3, 0.4) is 0 Å². The molecule has 0 bridgehead atoms. The predicted molar refractivity (Wildman–Crippen MR) is 207 cm³/mol. The molecule has 1 atom stereocenters. The lowest BCUT2D eigenvalue weighted by molar-refractivity contribution is -0.135. The van der Waals surface area contributed by atoms with Crippen LogP contribution in [0.25, 0.3) is 11.1 Å². The van der Waals surface area contributed by atoms with Crippen molar-refractivity contribution in [3.63, 3.8) is 0 Å². The van der Waals surface area contributed by atoms with Crippen molar-refractivity contribution >= 4 is 41.3 Å². The van der Waals surface area contributed by atoms with Gasteiger partial charge >= 0.3 is 12.2 Å². The Hall–Kier alpha value is -5.35. The van der Waals surface area contributed by atoms with Crippen LogP contribution in [0.2, 0.25) is 5.02 Å². The summed E-state index contributed by atoms with van der Waals surface area (Å²) in [6.45, 7) is 7.81. The maximum Gasteiger partial charge on any atom is 0.410 e. The molecule has 2 N–H and O–H groups in total. The van der Waals surface area contributed by atoms with Gasteiger partial charge in [0.05, 0.1) is 17.3 Å². The van der Waals surface area contributed by atoms with Crippen molar-refractivity contribution in [1.29, 1.82) is 0 Å². The molecule has 7 rings (SSSR count). The predicted octanol–water partition coefficient (Wildman–Crippen LogP) is 7.85. The number of piperidine rings is 1. The first-order valence-corrected chi connectivity index (χ1v) is 18.8. The highest BCUT2D eigenvalue weighted by atomic mass is 35.5. The van der Waals surface area contributed by atoms with Crippen LogP contribution in [-0.4, -0.2) is 70.7 Å². The van der Waals surface area contributed by atoms with Crippen molar-refractivity contribution in [1.82, 2.24) is 15.1 Å². The van der Waals surface area contributed by atoms with Crippen LogP contribution >= 0.6 is 11.6 Å². The van der Waals surface area contributed by atoms with Crippen LogP contribution in [0.4, 0.5) is 15.3 Å². The second kappa shape index (κ2) is 14.8. The Balaban J connectivity index is 1.14. The van der Waals surface area contributed by atoms with Crippen LogP contribution in [0.15, 0.2) is 91.0 Å². The van der Waals surface area contributed by atoms with Crippen molar-refractivity contribution in [2.45, 2.75) is 76.6 Å². The van der Waals surface area contributed by atoms with Crippen LogP contribution < -0.4 is 10.6 Å². The number of amides is 4. The molecule has 0 saturated carbocycles. The van der Waals surface area contributed by atoms with E-state index in [4.69, 9.17) is 21.1 Å². The zero-order valence-electron chi connectivity index (χ0n) is 31.0. The molecule has 4 aromatic carbocycles. The number of likely N-dealkylation sites (tertiary alicyclic amines) is 1. The van der Waals surface area contributed by atoms with Gasteiger partial charge in [-0.2, -0.15) is 0 Å². The summed E-state index contributed by atoms with van der Waals surface area (Å²) in [5.74, 6) is -1.11. The van der Waals surface area contributed by atoms with Crippen molar-refractivity contribution in [2.24, 2.45) is 0 Å².